The second-order valence-electron chi connectivity index (χ2n) is 22.0. The monoisotopic (exact) mass is 1140 g/mol. The maximum Gasteiger partial charge on any atom is 0.148 e. The molecule has 10 rings (SSSR count). The van der Waals surface area contributed by atoms with Crippen molar-refractivity contribution in [3.05, 3.63) is 216 Å². The number of phenolic OH excluding ortho intramolecular Hbond substituents is 1. The minimum absolute atomic E-state index is 0. The van der Waals surface area contributed by atoms with Crippen molar-refractivity contribution >= 4 is 11.0 Å². The molecule has 5 heteroatoms. The molecule has 368 valence electrons. The van der Waals surface area contributed by atoms with Gasteiger partial charge in [0.1, 0.15) is 11.6 Å². The standard InChI is InChI=1S/C68H64N3O.Pt/c1-43-25-27-46(28-26-43)49-33-34-69-60(39-49)52-37-50(45-19-14-12-15-20-45)36-51(38-52)55-23-18-24-61-63(55)70-65(58-40-54(67(6,7)8)41-59(64(58)72)68(9,10)11)71(61)62-42-56(47-21-16-13-17-22-47)44(2)35-57(62)48-29-31-53(32-30-48)66(3,4)5;/h12-37,39-42,72H,1-11H3;/q-1;/i1D3,2D3;. The second-order valence-corrected chi connectivity index (χ2v) is 22.0. The van der Waals surface area contributed by atoms with Gasteiger partial charge in [0.2, 0.25) is 0 Å². The maximum atomic E-state index is 12.8. The largest absolute Gasteiger partial charge is 0.507 e. The van der Waals surface area contributed by atoms with Crippen LogP contribution in [0.5, 0.6) is 5.75 Å². The molecule has 0 bridgehead atoms. The fourth-order valence-electron chi connectivity index (χ4n) is 9.63. The molecule has 4 nitrogen and oxygen atoms in total. The van der Waals surface area contributed by atoms with E-state index in [4.69, 9.17) is 18.2 Å². The van der Waals surface area contributed by atoms with Crippen LogP contribution in [0.1, 0.15) is 98.4 Å². The fourth-order valence-corrected chi connectivity index (χ4v) is 9.63. The molecule has 0 radical (unpaired) electrons. The number of aromatic hydroxyl groups is 1. The number of pyridine rings is 1. The Morgan fingerprint density at radius 2 is 1.12 bits per heavy atom. The molecule has 0 spiro atoms. The zero-order chi connectivity index (χ0) is 55.7. The summed E-state index contributed by atoms with van der Waals surface area (Å²) in [7, 11) is 0. The Kier molecular flexibility index (Phi) is 11.7. The van der Waals surface area contributed by atoms with Crippen molar-refractivity contribution in [3.63, 3.8) is 0 Å². The molecular formula is C68H64N3OPt-. The van der Waals surface area contributed by atoms with E-state index in [9.17, 15) is 5.11 Å². The minimum Gasteiger partial charge on any atom is -0.507 e. The Hall–Kier alpha value is -7.13. The SMILES string of the molecule is [2H]C([2H])([2H])c1ccc(-c2ccnc(-c3[c-]c(-c4cccc5c4nc(-c4cc(C(C)(C)C)cc(C(C)(C)C)c4O)n5-c4cc(-c5ccccc5)c(C([2H])([2H])[2H])cc4-c4ccc(C(C)(C)C)cc4)cc(-c4ccccc4)c3)c2)cc1.[Pt]. The zero-order valence-corrected chi connectivity index (χ0v) is 45.2. The smallest absolute Gasteiger partial charge is 0.148 e. The topological polar surface area (TPSA) is 50.9 Å². The van der Waals surface area contributed by atoms with Crippen LogP contribution in [0.4, 0.5) is 0 Å². The van der Waals surface area contributed by atoms with Crippen molar-refractivity contribution in [3.8, 4) is 89.7 Å². The first-order valence-corrected chi connectivity index (χ1v) is 24.7. The molecule has 0 aliphatic rings. The normalized spacial score (nSPS) is 13.5. The summed E-state index contributed by atoms with van der Waals surface area (Å²) in [6.45, 7) is 14.7. The van der Waals surface area contributed by atoms with E-state index in [-0.39, 0.29) is 48.8 Å². The predicted octanol–water partition coefficient (Wildman–Crippen LogP) is 18.1. The number of nitrogens with zero attached hydrogens (tertiary/aromatic N) is 3. The van der Waals surface area contributed by atoms with Gasteiger partial charge in [-0.1, -0.05) is 218 Å². The first-order chi connectivity index (χ1) is 36.7. The zero-order valence-electron chi connectivity index (χ0n) is 48.9. The molecule has 73 heavy (non-hydrogen) atoms. The molecule has 0 unspecified atom stereocenters. The number of phenols is 1. The number of aromatic nitrogens is 3. The van der Waals surface area contributed by atoms with Crippen LogP contribution in [0.2, 0.25) is 0 Å². The number of aryl methyl sites for hydroxylation is 2. The Morgan fingerprint density at radius 1 is 0.493 bits per heavy atom. The van der Waals surface area contributed by atoms with Gasteiger partial charge in [-0.3, -0.25) is 9.55 Å². The van der Waals surface area contributed by atoms with Gasteiger partial charge in [-0.25, -0.2) is 4.98 Å². The van der Waals surface area contributed by atoms with Gasteiger partial charge in [0.05, 0.1) is 22.3 Å². The summed E-state index contributed by atoms with van der Waals surface area (Å²) >= 11 is 0. The van der Waals surface area contributed by atoms with Crippen molar-refractivity contribution in [1.29, 1.82) is 0 Å². The molecule has 0 fully saturated rings. The molecule has 0 aliphatic carbocycles. The Bertz CT molecular complexity index is 3860. The molecule has 1 N–H and O–H groups in total. The molecule has 0 saturated heterocycles. The Morgan fingerprint density at radius 3 is 1.77 bits per heavy atom. The molecule has 0 saturated carbocycles. The molecule has 0 aliphatic heterocycles. The van der Waals surface area contributed by atoms with Gasteiger partial charge in [0, 0.05) is 52.3 Å². The molecule has 0 amide bonds. The van der Waals surface area contributed by atoms with Crippen LogP contribution >= 0.6 is 0 Å². The van der Waals surface area contributed by atoms with Crippen LogP contribution < -0.4 is 0 Å². The van der Waals surface area contributed by atoms with Crippen molar-refractivity contribution in [2.75, 3.05) is 0 Å². The molecule has 0 atom stereocenters. The number of fused-ring (bicyclic) bond motifs is 1. The molecule has 2 heterocycles. The van der Waals surface area contributed by atoms with Gasteiger partial charge in [-0.15, -0.1) is 23.8 Å². The summed E-state index contributed by atoms with van der Waals surface area (Å²) in [6.07, 6.45) is 1.76. The minimum atomic E-state index is -2.48. The van der Waals surface area contributed by atoms with Gasteiger partial charge in [-0.2, -0.15) is 0 Å². The van der Waals surface area contributed by atoms with E-state index in [1.54, 1.807) is 18.3 Å². The number of benzene rings is 8. The summed E-state index contributed by atoms with van der Waals surface area (Å²) in [5, 5.41) is 12.8. The first-order valence-electron chi connectivity index (χ1n) is 27.7. The molecule has 10 aromatic rings. The van der Waals surface area contributed by atoms with Crippen molar-refractivity contribution in [2.24, 2.45) is 0 Å². The van der Waals surface area contributed by atoms with Crippen molar-refractivity contribution in [1.82, 2.24) is 14.5 Å². The summed E-state index contributed by atoms with van der Waals surface area (Å²) in [5.41, 5.74) is 14.6. The van der Waals surface area contributed by atoms with Gasteiger partial charge in [-0.05, 0) is 110 Å². The van der Waals surface area contributed by atoms with Gasteiger partial charge < -0.3 is 5.11 Å². The third kappa shape index (κ3) is 10.2. The number of hydrogen-bond donors (Lipinski definition) is 1. The van der Waals surface area contributed by atoms with E-state index in [1.807, 2.05) is 97.1 Å². The number of rotatable bonds is 8. The molecule has 2 aromatic heterocycles. The van der Waals surface area contributed by atoms with E-state index in [0.717, 1.165) is 72.3 Å². The van der Waals surface area contributed by atoms with Gasteiger partial charge in [0.15, 0.2) is 0 Å². The van der Waals surface area contributed by atoms with Gasteiger partial charge >= 0.3 is 0 Å². The fraction of sp³-hybridized carbons (Fsp3) is 0.206. The average Bonchev–Trinajstić information content (AvgIpc) is 3.98. The van der Waals surface area contributed by atoms with Crippen molar-refractivity contribution < 1.29 is 34.4 Å². The van der Waals surface area contributed by atoms with Crippen LogP contribution in [0, 0.1) is 19.8 Å². The van der Waals surface area contributed by atoms with E-state index in [1.165, 1.54) is 0 Å². The summed E-state index contributed by atoms with van der Waals surface area (Å²) in [5.74, 6) is 0.601. The number of imidazole rings is 1. The first kappa shape index (κ1) is 43.5. The third-order valence-corrected chi connectivity index (χ3v) is 13.8. The van der Waals surface area contributed by atoms with Crippen LogP contribution in [0.15, 0.2) is 182 Å². The average molecular weight is 1140 g/mol. The Balaban J connectivity index is 0.00000757. The van der Waals surface area contributed by atoms with E-state index in [0.29, 0.717) is 39.4 Å². The van der Waals surface area contributed by atoms with E-state index >= 15 is 0 Å². The summed E-state index contributed by atoms with van der Waals surface area (Å²) in [6, 6.07) is 61.2. The quantitative estimate of drug-likeness (QED) is 0.154. The van der Waals surface area contributed by atoms with E-state index in [2.05, 4.69) is 140 Å². The summed E-state index contributed by atoms with van der Waals surface area (Å²) in [4.78, 5) is 10.6. The van der Waals surface area contributed by atoms with Crippen LogP contribution in [0.3, 0.4) is 0 Å². The Labute approximate surface area is 455 Å². The molecular weight excluding hydrogens is 1070 g/mol. The molecule has 8 aromatic carbocycles. The van der Waals surface area contributed by atoms with Crippen molar-refractivity contribution in [2.45, 2.75) is 92.3 Å². The van der Waals surface area contributed by atoms with E-state index < -0.39 is 19.1 Å². The number of hydrogen-bond acceptors (Lipinski definition) is 3. The maximum absolute atomic E-state index is 12.8. The number of para-hydroxylation sites is 1. The summed E-state index contributed by atoms with van der Waals surface area (Å²) < 4.78 is 52.9. The predicted molar refractivity (Wildman–Crippen MR) is 303 cm³/mol. The second kappa shape index (κ2) is 19.7. The van der Waals surface area contributed by atoms with Crippen LogP contribution in [0.25, 0.3) is 95.0 Å². The third-order valence-electron chi connectivity index (χ3n) is 13.8. The van der Waals surface area contributed by atoms with Gasteiger partial charge in [0.25, 0.3) is 0 Å². The van der Waals surface area contributed by atoms with Crippen LogP contribution in [-0.4, -0.2) is 19.6 Å². The van der Waals surface area contributed by atoms with Crippen LogP contribution in [-0.2, 0) is 37.3 Å².